The fourth-order valence-electron chi connectivity index (χ4n) is 3.77. The largest absolute Gasteiger partial charge is 0.478 e. The highest BCUT2D eigenvalue weighted by atomic mass is 35.5. The molecule has 4 rings (SSSR count). The molecule has 32 heavy (non-hydrogen) atoms. The highest BCUT2D eigenvalue weighted by molar-refractivity contribution is 6.33. The van der Waals surface area contributed by atoms with Gasteiger partial charge in [-0.2, -0.15) is 0 Å². The van der Waals surface area contributed by atoms with Gasteiger partial charge in [0.1, 0.15) is 0 Å². The van der Waals surface area contributed by atoms with Crippen LogP contribution in [0.2, 0.25) is 5.02 Å². The second-order valence-electron chi connectivity index (χ2n) is 7.64. The minimum Gasteiger partial charge on any atom is -0.478 e. The molecule has 0 amide bonds. The first-order valence-corrected chi connectivity index (χ1v) is 10.6. The molecule has 0 saturated heterocycles. The van der Waals surface area contributed by atoms with E-state index in [2.05, 4.69) is 48.7 Å². The second-order valence-corrected chi connectivity index (χ2v) is 8.05. The molecule has 0 aliphatic carbocycles. The maximum Gasteiger partial charge on any atom is 0.337 e. The first kappa shape index (κ1) is 21.5. The lowest BCUT2D eigenvalue weighted by atomic mass is 9.96. The standard InChI is InChI=1S/C27H23ClN2O2/c1-17-6-5-7-18(2)26(17)19-10-15-25(23(28)16-19)30-21-13-11-20(12-14-21)29-24-9-4-3-8-22(24)27(31)32/h3-16,29-30H,1-2H3,(H,31,32). The van der Waals surface area contributed by atoms with Gasteiger partial charge in [-0.05, 0) is 84.6 Å². The number of carboxylic acids is 1. The zero-order valence-corrected chi connectivity index (χ0v) is 18.6. The molecule has 0 atom stereocenters. The molecule has 3 N–H and O–H groups in total. The van der Waals surface area contributed by atoms with Crippen LogP contribution in [0.5, 0.6) is 0 Å². The summed E-state index contributed by atoms with van der Waals surface area (Å²) in [5.41, 5.74) is 7.99. The summed E-state index contributed by atoms with van der Waals surface area (Å²) in [5, 5.41) is 16.5. The zero-order chi connectivity index (χ0) is 22.7. The van der Waals surface area contributed by atoms with Gasteiger partial charge in [0.15, 0.2) is 0 Å². The van der Waals surface area contributed by atoms with Crippen LogP contribution >= 0.6 is 11.6 Å². The maximum absolute atomic E-state index is 11.4. The van der Waals surface area contributed by atoms with Gasteiger partial charge in [-0.15, -0.1) is 0 Å². The predicted molar refractivity (Wildman–Crippen MR) is 133 cm³/mol. The van der Waals surface area contributed by atoms with Gasteiger partial charge in [0, 0.05) is 11.4 Å². The summed E-state index contributed by atoms with van der Waals surface area (Å²) in [5.74, 6) is -0.967. The normalized spacial score (nSPS) is 10.6. The number of carbonyl (C=O) groups is 1. The Morgan fingerprint density at radius 3 is 1.94 bits per heavy atom. The van der Waals surface area contributed by atoms with Crippen molar-refractivity contribution in [2.45, 2.75) is 13.8 Å². The number of anilines is 4. The van der Waals surface area contributed by atoms with Crippen LogP contribution in [-0.2, 0) is 0 Å². The number of carboxylic acid groups (broad SMARTS) is 1. The molecule has 4 aromatic rings. The average molecular weight is 443 g/mol. The average Bonchev–Trinajstić information content (AvgIpc) is 2.77. The lowest BCUT2D eigenvalue weighted by Gasteiger charge is -2.14. The number of hydrogen-bond donors (Lipinski definition) is 3. The second kappa shape index (κ2) is 9.16. The molecule has 0 saturated carbocycles. The van der Waals surface area contributed by atoms with Crippen LogP contribution in [0.1, 0.15) is 21.5 Å². The van der Waals surface area contributed by atoms with Crippen molar-refractivity contribution in [1.82, 2.24) is 0 Å². The summed E-state index contributed by atoms with van der Waals surface area (Å²) in [4.78, 5) is 11.4. The van der Waals surface area contributed by atoms with E-state index in [0.717, 1.165) is 22.6 Å². The number of benzene rings is 4. The van der Waals surface area contributed by atoms with Crippen LogP contribution in [0.15, 0.2) is 84.9 Å². The van der Waals surface area contributed by atoms with Crippen molar-refractivity contribution in [3.8, 4) is 11.1 Å². The Bertz CT molecular complexity index is 1260. The van der Waals surface area contributed by atoms with Crippen LogP contribution in [0.4, 0.5) is 22.7 Å². The van der Waals surface area contributed by atoms with Crippen LogP contribution in [0.25, 0.3) is 11.1 Å². The van der Waals surface area contributed by atoms with Crippen molar-refractivity contribution < 1.29 is 9.90 Å². The lowest BCUT2D eigenvalue weighted by Crippen LogP contribution is -2.02. The van der Waals surface area contributed by atoms with Crippen molar-refractivity contribution in [1.29, 1.82) is 0 Å². The Balaban J connectivity index is 1.51. The molecule has 0 unspecified atom stereocenters. The van der Waals surface area contributed by atoms with Crippen molar-refractivity contribution in [3.05, 3.63) is 107 Å². The number of nitrogens with one attached hydrogen (secondary N) is 2. The fraction of sp³-hybridized carbons (Fsp3) is 0.0741. The smallest absolute Gasteiger partial charge is 0.337 e. The van der Waals surface area contributed by atoms with Gasteiger partial charge in [0.05, 0.1) is 22.0 Å². The molecule has 0 aliphatic heterocycles. The molecule has 4 aromatic carbocycles. The number of para-hydroxylation sites is 1. The molecule has 4 nitrogen and oxygen atoms in total. The molecule has 0 aromatic heterocycles. The topological polar surface area (TPSA) is 61.4 Å². The molecular weight excluding hydrogens is 420 g/mol. The van der Waals surface area contributed by atoms with Gasteiger partial charge in [0.25, 0.3) is 0 Å². The van der Waals surface area contributed by atoms with Gasteiger partial charge < -0.3 is 15.7 Å². The van der Waals surface area contributed by atoms with Crippen molar-refractivity contribution >= 4 is 40.3 Å². The van der Waals surface area contributed by atoms with Gasteiger partial charge in [-0.3, -0.25) is 0 Å². The number of halogens is 1. The Hall–Kier alpha value is -3.76. The van der Waals surface area contributed by atoms with Crippen LogP contribution in [0.3, 0.4) is 0 Å². The summed E-state index contributed by atoms with van der Waals surface area (Å²) < 4.78 is 0. The summed E-state index contributed by atoms with van der Waals surface area (Å²) in [6.07, 6.45) is 0. The third-order valence-electron chi connectivity index (χ3n) is 5.34. The minimum atomic E-state index is -0.967. The predicted octanol–water partition coefficient (Wildman–Crippen LogP) is 7.81. The summed E-state index contributed by atoms with van der Waals surface area (Å²) in [6.45, 7) is 4.21. The third kappa shape index (κ3) is 4.61. The molecule has 160 valence electrons. The van der Waals surface area contributed by atoms with Crippen molar-refractivity contribution in [2.24, 2.45) is 0 Å². The molecular formula is C27H23ClN2O2. The first-order valence-electron chi connectivity index (χ1n) is 10.2. The molecule has 0 spiro atoms. The molecule has 0 radical (unpaired) electrons. The third-order valence-corrected chi connectivity index (χ3v) is 5.65. The Labute approximate surface area is 192 Å². The minimum absolute atomic E-state index is 0.227. The number of aromatic carboxylic acids is 1. The molecule has 5 heteroatoms. The van der Waals surface area contributed by atoms with E-state index in [-0.39, 0.29) is 5.56 Å². The molecule has 0 aliphatic rings. The van der Waals surface area contributed by atoms with E-state index in [1.165, 1.54) is 16.7 Å². The van der Waals surface area contributed by atoms with Gasteiger partial charge in [0.2, 0.25) is 0 Å². The molecule has 0 bridgehead atoms. The number of aryl methyl sites for hydroxylation is 2. The highest BCUT2D eigenvalue weighted by Gasteiger charge is 2.10. The lowest BCUT2D eigenvalue weighted by molar-refractivity contribution is 0.0698. The fourth-order valence-corrected chi connectivity index (χ4v) is 4.00. The quantitative estimate of drug-likeness (QED) is 0.285. The molecule has 0 fully saturated rings. The van der Waals surface area contributed by atoms with E-state index in [1.54, 1.807) is 24.3 Å². The zero-order valence-electron chi connectivity index (χ0n) is 17.8. The maximum atomic E-state index is 11.4. The Morgan fingerprint density at radius 1 is 0.750 bits per heavy atom. The van der Waals surface area contributed by atoms with E-state index in [1.807, 2.05) is 36.4 Å². The van der Waals surface area contributed by atoms with Crippen LogP contribution in [0, 0.1) is 13.8 Å². The number of rotatable bonds is 6. The van der Waals surface area contributed by atoms with E-state index in [0.29, 0.717) is 10.7 Å². The highest BCUT2D eigenvalue weighted by Crippen LogP contribution is 2.34. The van der Waals surface area contributed by atoms with Crippen molar-refractivity contribution in [2.75, 3.05) is 10.6 Å². The van der Waals surface area contributed by atoms with Crippen molar-refractivity contribution in [3.63, 3.8) is 0 Å². The van der Waals surface area contributed by atoms with E-state index >= 15 is 0 Å². The SMILES string of the molecule is Cc1cccc(C)c1-c1ccc(Nc2ccc(Nc3ccccc3C(=O)O)cc2)c(Cl)c1. The monoisotopic (exact) mass is 442 g/mol. The van der Waals surface area contributed by atoms with E-state index in [9.17, 15) is 9.90 Å². The van der Waals surface area contributed by atoms with Gasteiger partial charge in [-0.1, -0.05) is 48.0 Å². The van der Waals surface area contributed by atoms with E-state index < -0.39 is 5.97 Å². The summed E-state index contributed by atoms with van der Waals surface area (Å²) >= 11 is 6.59. The van der Waals surface area contributed by atoms with Gasteiger partial charge in [-0.25, -0.2) is 4.79 Å². The summed E-state index contributed by atoms with van der Waals surface area (Å²) in [6, 6.07) is 26.7. The summed E-state index contributed by atoms with van der Waals surface area (Å²) in [7, 11) is 0. The van der Waals surface area contributed by atoms with Gasteiger partial charge >= 0.3 is 5.97 Å². The van der Waals surface area contributed by atoms with E-state index in [4.69, 9.17) is 11.6 Å². The Kier molecular flexibility index (Phi) is 6.15. The molecule has 0 heterocycles. The first-order chi connectivity index (χ1) is 15.4. The van der Waals surface area contributed by atoms with Crippen LogP contribution < -0.4 is 10.6 Å². The Morgan fingerprint density at radius 2 is 1.34 bits per heavy atom. The number of hydrogen-bond acceptors (Lipinski definition) is 3. The van der Waals surface area contributed by atoms with Crippen LogP contribution in [-0.4, -0.2) is 11.1 Å².